The van der Waals surface area contributed by atoms with Gasteiger partial charge in [0.2, 0.25) is 23.5 Å². The number of amidine groups is 1. The Hall–Kier alpha value is -9.16. The first-order valence-electron chi connectivity index (χ1n) is 41.8. The zero-order valence-electron chi connectivity index (χ0n) is 74.4. The number of imidazole rings is 2. The topological polar surface area (TPSA) is 406 Å². The Labute approximate surface area is 837 Å². The fourth-order valence-electron chi connectivity index (χ4n) is 13.8. The SMILES string of the molecule is CC(C)(O)c1ncc(-c2ccc3nc4n(c3n2)C(c2ccccn2)CC4)cn1.CC1(C)OB(B2OC(C)(C)C(C)(C)O2)OC1(C)C.Clc1ccc(NC2=NC(c3ccccn3)CC2)c(Br)n1.Clc1ccc2nc3n(c2n1)C(c1ccccn1)CC3.Nc1ccc(Br)nc1Br.O=C1CCC(=O)N1.O=C1CCC(c2ccccn2)N1.[Br-].[CH2+]C(C)(O)c1ncc(Br)cn1.[Mg+2].[c-]1ccccn1. The minimum Gasteiger partial charge on any atom is -1.00 e. The summed E-state index contributed by atoms with van der Waals surface area (Å²) in [6.45, 7) is 24.6. The van der Waals surface area contributed by atoms with Gasteiger partial charge in [0.1, 0.15) is 65.2 Å². The minimum atomic E-state index is -1.21. The molecular formula is C91H98B2Br5Cl2MgN22O9+. The second-order valence-electron chi connectivity index (χ2n) is 33.4. The van der Waals surface area contributed by atoms with Gasteiger partial charge in [-0.1, -0.05) is 59.9 Å². The number of nitrogens with one attached hydrogen (secondary N) is 3. The van der Waals surface area contributed by atoms with Gasteiger partial charge in [-0.25, -0.2) is 49.8 Å². The first-order valence-corrected chi connectivity index (χ1v) is 45.7. The molecule has 132 heavy (non-hydrogen) atoms. The molecule has 682 valence electrons. The number of carbonyl (C=O) groups excluding carboxylic acids is 3. The number of anilines is 2. The number of nitrogen functional groups attached to an aromatic ring is 1. The molecule has 4 fully saturated rings. The molecule has 0 spiro atoms. The predicted octanol–water partition coefficient (Wildman–Crippen LogP) is 14.0. The molecule has 7 N–H and O–H groups in total. The Morgan fingerprint density at radius 1 is 0.523 bits per heavy atom. The number of amides is 3. The molecule has 4 saturated heterocycles. The van der Waals surface area contributed by atoms with Crippen molar-refractivity contribution in [3.8, 4) is 11.3 Å². The second-order valence-corrected chi connectivity index (χ2v) is 37.4. The first-order chi connectivity index (χ1) is 61.8. The number of aliphatic imine (C=N–C) groups is 1. The van der Waals surface area contributed by atoms with Crippen LogP contribution in [0.25, 0.3) is 33.6 Å². The number of imide groups is 1. The van der Waals surface area contributed by atoms with Crippen molar-refractivity contribution in [3.63, 3.8) is 0 Å². The summed E-state index contributed by atoms with van der Waals surface area (Å²) in [6, 6.07) is 44.6. The molecule has 0 aliphatic carbocycles. The van der Waals surface area contributed by atoms with Crippen molar-refractivity contribution in [1.29, 1.82) is 0 Å². The summed E-state index contributed by atoms with van der Waals surface area (Å²) in [6.07, 6.45) is 26.1. The number of aryl methyl sites for hydroxylation is 2. The molecule has 5 unspecified atom stereocenters. The molecule has 0 aromatic carbocycles. The fourth-order valence-corrected chi connectivity index (χ4v) is 15.7. The third kappa shape index (κ3) is 28.3. The molecule has 31 nitrogen and oxygen atoms in total. The van der Waals surface area contributed by atoms with E-state index in [1.54, 1.807) is 87.6 Å². The van der Waals surface area contributed by atoms with Crippen LogP contribution in [0.5, 0.6) is 0 Å². The van der Waals surface area contributed by atoms with E-state index < -0.39 is 25.2 Å². The molecule has 13 aromatic heterocycles. The Bertz CT molecular complexity index is 5930. The maximum absolute atomic E-state index is 10.9. The predicted molar refractivity (Wildman–Crippen MR) is 518 cm³/mol. The Kier molecular flexibility index (Phi) is 37.2. The molecule has 0 radical (unpaired) electrons. The van der Waals surface area contributed by atoms with Gasteiger partial charge >= 0.3 is 37.1 Å². The number of nitrogens with zero attached hydrogens (tertiary/aromatic N) is 18. The number of rotatable bonds is 9. The van der Waals surface area contributed by atoms with Crippen molar-refractivity contribution in [3.05, 3.63) is 283 Å². The van der Waals surface area contributed by atoms with Gasteiger partial charge in [0.25, 0.3) is 5.60 Å². The zero-order valence-corrected chi connectivity index (χ0v) is 85.3. The average Bonchev–Trinajstić information content (AvgIpc) is 1.61. The van der Waals surface area contributed by atoms with Gasteiger partial charge in [-0.05, 0) is 256 Å². The van der Waals surface area contributed by atoms with E-state index in [0.29, 0.717) is 56.1 Å². The fraction of sp³-hybridized carbons (Fsp3) is 0.341. The summed E-state index contributed by atoms with van der Waals surface area (Å²) in [5.74, 6) is 3.61. The molecule has 3 amide bonds. The molecule has 13 aromatic rings. The van der Waals surface area contributed by atoms with Crippen molar-refractivity contribution in [2.45, 2.75) is 198 Å². The monoisotopic (exact) mass is 2150 g/mol. The summed E-state index contributed by atoms with van der Waals surface area (Å²) in [5.41, 5.74) is 12.4. The van der Waals surface area contributed by atoms with E-state index in [2.05, 4.69) is 184 Å². The van der Waals surface area contributed by atoms with Crippen molar-refractivity contribution in [2.75, 3.05) is 11.1 Å². The molecule has 7 aliphatic heterocycles. The number of aromatic nitrogens is 17. The maximum Gasteiger partial charge on any atom is 2.00 e. The van der Waals surface area contributed by atoms with Gasteiger partial charge in [-0.3, -0.25) is 44.6 Å². The van der Waals surface area contributed by atoms with Gasteiger partial charge in [0.05, 0.1) is 90.9 Å². The minimum absolute atomic E-state index is 0. The summed E-state index contributed by atoms with van der Waals surface area (Å²) < 4.78 is 31.2. The number of carbonyl (C=O) groups is 3. The third-order valence-electron chi connectivity index (χ3n) is 21.9. The molecule has 20 heterocycles. The number of halogens is 7. The number of fused-ring (bicyclic) bond motifs is 6. The molecule has 5 atom stereocenters. The van der Waals surface area contributed by atoms with E-state index in [9.17, 15) is 24.6 Å². The van der Waals surface area contributed by atoms with Gasteiger partial charge in [0, 0.05) is 101 Å². The molecular weight excluding hydrogens is 2060 g/mol. The second kappa shape index (κ2) is 46.9. The maximum atomic E-state index is 10.9. The Morgan fingerprint density at radius 3 is 1.43 bits per heavy atom. The van der Waals surface area contributed by atoms with Crippen LogP contribution in [0.1, 0.15) is 198 Å². The number of pyridine rings is 9. The third-order valence-corrected chi connectivity index (χ3v) is 24.4. The van der Waals surface area contributed by atoms with E-state index in [-0.39, 0.29) is 104 Å². The van der Waals surface area contributed by atoms with Crippen LogP contribution in [0.3, 0.4) is 0 Å². The van der Waals surface area contributed by atoms with Crippen LogP contribution >= 0.6 is 86.9 Å². The van der Waals surface area contributed by atoms with Gasteiger partial charge in [0.15, 0.2) is 17.1 Å². The van der Waals surface area contributed by atoms with Crippen molar-refractivity contribution in [2.24, 2.45) is 4.99 Å². The number of nitrogens with two attached hydrogens (primary N) is 1. The Morgan fingerprint density at radius 2 is 1.01 bits per heavy atom. The van der Waals surface area contributed by atoms with Crippen LogP contribution in [-0.4, -0.2) is 177 Å². The van der Waals surface area contributed by atoms with E-state index in [1.165, 1.54) is 6.92 Å². The van der Waals surface area contributed by atoms with Crippen LogP contribution in [-0.2, 0) is 57.0 Å². The van der Waals surface area contributed by atoms with Crippen LogP contribution in [0.4, 0.5) is 11.4 Å². The zero-order chi connectivity index (χ0) is 93.3. The van der Waals surface area contributed by atoms with E-state index in [4.69, 9.17) is 57.5 Å². The van der Waals surface area contributed by atoms with Crippen molar-refractivity contribution < 1.29 is 60.2 Å². The summed E-state index contributed by atoms with van der Waals surface area (Å²) in [5, 5.41) is 28.6. The first kappa shape index (κ1) is 105. The molecule has 7 aliphatic rings. The smallest absolute Gasteiger partial charge is 1.00 e. The normalized spacial score (nSPS) is 18.6. The molecule has 20 rings (SSSR count). The van der Waals surface area contributed by atoms with E-state index >= 15 is 0 Å². The van der Waals surface area contributed by atoms with Gasteiger partial charge < -0.3 is 76.3 Å². The largest absolute Gasteiger partial charge is 2.00 e. The van der Waals surface area contributed by atoms with Crippen molar-refractivity contribution in [1.82, 2.24) is 94.5 Å². The number of aliphatic hydroxyl groups is 2. The Balaban J connectivity index is 0.000000159. The molecule has 0 saturated carbocycles. The summed E-state index contributed by atoms with van der Waals surface area (Å²) in [7, 11) is -0.952. The van der Waals surface area contributed by atoms with E-state index in [0.717, 1.165) is 134 Å². The molecule has 0 bridgehead atoms. The standard InChI is InChI=1S/C21H20N6O.C14H12BrClN4.C14H11ClN4.C12H24B2O4.C9H10N2O.C7H8BrN2O.C5H4Br2N2.C5H4N.C4H5NO2.BrH.Mg/c1-21(2,28)20-23-11-13(12-24-20)14-6-7-16-19(26-14)27-17(8-9-18(27)25-16)15-5-3-4-10-22-15;15-14-11(4-6-12(16)20-14)19-13-7-5-10(18-13)9-3-1-2-8-17-9;15-12-6-4-10-14(18-12)19-11(5-7-13(19)17-10)9-3-1-2-8-16-9;1-9(2)10(3,4)16-13(15-9)14-17-11(5,6)12(7,8)18-14;12-9-5-4-8(11-9)7-3-1-2-6-10-7;1-7(2,11)6-9-3-5(8)4-10-6;6-4-2-1-3(8)5(7)9-4;1-2-4-6-5-3-1;6-3-1-2-4(7)5-3;;/h3-7,10-12,17,28H,8-9H2,1-2H3;1-4,6,8,10H,5,7H2,(H,18,19);1-4,6,8,11H,5,7H2;1-8H3;1-3,6,8H,4-5H2,(H,11,12);3-4,11H,1H2,2H3;1-2H,8H2;1-4H;1-2H2,(H,5,6,7);1H;/q;;;;;+1;;-1;;;+2/p-1. The van der Waals surface area contributed by atoms with Crippen LogP contribution in [0.15, 0.2) is 219 Å². The average molecular weight is 2160 g/mol. The van der Waals surface area contributed by atoms with Crippen LogP contribution < -0.4 is 38.7 Å². The van der Waals surface area contributed by atoms with Crippen molar-refractivity contribution >= 4 is 181 Å². The van der Waals surface area contributed by atoms with Gasteiger partial charge in [-0.15, -0.1) is 0 Å². The van der Waals surface area contributed by atoms with Crippen LogP contribution in [0.2, 0.25) is 10.3 Å². The van der Waals surface area contributed by atoms with Crippen LogP contribution in [0, 0.1) is 13.1 Å². The molecule has 41 heteroatoms. The van der Waals surface area contributed by atoms with E-state index in [1.807, 2.05) is 165 Å². The quantitative estimate of drug-likeness (QED) is 0.0338. The van der Waals surface area contributed by atoms with Gasteiger partial charge in [-0.2, -0.15) is 18.2 Å². The number of hydrogen-bond acceptors (Lipinski definition) is 27. The number of hydrogen-bond donors (Lipinski definition) is 6. The summed E-state index contributed by atoms with van der Waals surface area (Å²) >= 11 is 24.8. The summed E-state index contributed by atoms with van der Waals surface area (Å²) in [4.78, 5) is 100.